The molecule has 0 unspecified atom stereocenters. The lowest BCUT2D eigenvalue weighted by Gasteiger charge is -2.27. The Morgan fingerprint density at radius 2 is 1.53 bits per heavy atom. The fourth-order valence-electron chi connectivity index (χ4n) is 7.72. The first-order valence-electron chi connectivity index (χ1n) is 17.4. The average molecular weight is 682 g/mol. The van der Waals surface area contributed by atoms with Crippen LogP contribution in [-0.2, 0) is 30.1 Å². The molecule has 0 atom stereocenters. The van der Waals surface area contributed by atoms with E-state index >= 15 is 0 Å². The highest BCUT2D eigenvalue weighted by atomic mass is 35.5. The van der Waals surface area contributed by atoms with Crippen LogP contribution < -0.4 is 17.3 Å². The third kappa shape index (κ3) is 7.23. The standard InChI is InChI=1S/C41H48N3O4.ClH/c1-40(2)31-16-8-10-18-33(31)42(5)35(40)23-21-29-14-13-15-30(28-29)22-24-36-41(3,4)32-17-9-11-19-34(32)43(36)27-12-6-7-20-39(47)48-44-37(45)25-26-38(44)46;/h8-11,16-19,21-24,28H,6-7,12-15,20,25-27H2,1-5H3;1H/q+1;/p-1. The van der Waals surface area contributed by atoms with Crippen molar-refractivity contribution in [2.75, 3.05) is 18.5 Å². The predicted molar refractivity (Wildman–Crippen MR) is 190 cm³/mol. The molecule has 2 amide bonds. The number of fused-ring (bicyclic) bond motifs is 2. The topological polar surface area (TPSA) is 69.9 Å². The highest BCUT2D eigenvalue weighted by Gasteiger charge is 2.43. The summed E-state index contributed by atoms with van der Waals surface area (Å²) >= 11 is 0. The zero-order chi connectivity index (χ0) is 34.1. The lowest BCUT2D eigenvalue weighted by atomic mass is 9.81. The summed E-state index contributed by atoms with van der Waals surface area (Å²) in [5.74, 6) is -1.42. The number of amides is 2. The summed E-state index contributed by atoms with van der Waals surface area (Å²) in [5, 5.41) is 0.630. The van der Waals surface area contributed by atoms with Crippen LogP contribution in [0.4, 0.5) is 11.4 Å². The lowest BCUT2D eigenvalue weighted by Crippen LogP contribution is -3.00. The van der Waals surface area contributed by atoms with Crippen molar-refractivity contribution in [1.82, 2.24) is 5.06 Å². The number of hydroxylamine groups is 2. The Morgan fingerprint density at radius 3 is 2.27 bits per heavy atom. The third-order valence-corrected chi connectivity index (χ3v) is 10.4. The minimum Gasteiger partial charge on any atom is -1.00 e. The maximum absolute atomic E-state index is 12.3. The second kappa shape index (κ2) is 14.7. The Morgan fingerprint density at radius 1 is 0.837 bits per heavy atom. The van der Waals surface area contributed by atoms with Crippen molar-refractivity contribution in [3.63, 3.8) is 0 Å². The molecule has 0 spiro atoms. The van der Waals surface area contributed by atoms with Crippen LogP contribution in [-0.4, -0.2) is 46.7 Å². The molecule has 4 aliphatic rings. The minimum absolute atomic E-state index is 0. The summed E-state index contributed by atoms with van der Waals surface area (Å²) in [6.07, 6.45) is 17.7. The number of halogens is 1. The number of rotatable bonds is 10. The van der Waals surface area contributed by atoms with E-state index in [1.54, 1.807) is 0 Å². The van der Waals surface area contributed by atoms with Gasteiger partial charge in [0.05, 0.1) is 5.41 Å². The molecule has 0 N–H and O–H groups in total. The third-order valence-electron chi connectivity index (χ3n) is 10.4. The summed E-state index contributed by atoms with van der Waals surface area (Å²) in [4.78, 5) is 43.2. The number of benzene rings is 2. The van der Waals surface area contributed by atoms with E-state index < -0.39 is 17.8 Å². The van der Waals surface area contributed by atoms with Crippen molar-refractivity contribution in [2.24, 2.45) is 0 Å². The number of carbonyl (C=O) groups excluding carboxylic acids is 3. The van der Waals surface area contributed by atoms with E-state index in [4.69, 9.17) is 4.84 Å². The molecule has 3 aliphatic heterocycles. The normalized spacial score (nSPS) is 21.0. The second-order valence-corrected chi connectivity index (χ2v) is 14.4. The molecular formula is C41H48ClN3O4. The summed E-state index contributed by atoms with van der Waals surface area (Å²) in [6, 6.07) is 17.3. The molecule has 8 heteroatoms. The smallest absolute Gasteiger partial charge is 0.333 e. The van der Waals surface area contributed by atoms with Gasteiger partial charge in [0.1, 0.15) is 7.05 Å². The van der Waals surface area contributed by atoms with E-state index in [9.17, 15) is 14.4 Å². The predicted octanol–water partition coefficient (Wildman–Crippen LogP) is 5.14. The first kappa shape index (κ1) is 36.1. The van der Waals surface area contributed by atoms with Crippen LogP contribution in [0.2, 0.25) is 0 Å². The van der Waals surface area contributed by atoms with Gasteiger partial charge in [0.25, 0.3) is 11.8 Å². The van der Waals surface area contributed by atoms with Gasteiger partial charge in [-0.1, -0.05) is 74.9 Å². The number of imide groups is 1. The molecule has 49 heavy (non-hydrogen) atoms. The number of carbonyl (C=O) groups is 3. The van der Waals surface area contributed by atoms with E-state index in [0.717, 1.165) is 38.6 Å². The quantitative estimate of drug-likeness (QED) is 0.198. The molecule has 2 aromatic carbocycles. The second-order valence-electron chi connectivity index (χ2n) is 14.4. The van der Waals surface area contributed by atoms with Gasteiger partial charge in [0.2, 0.25) is 5.69 Å². The summed E-state index contributed by atoms with van der Waals surface area (Å²) < 4.78 is 2.33. The molecule has 258 valence electrons. The summed E-state index contributed by atoms with van der Waals surface area (Å²) in [5.41, 5.74) is 10.3. The molecule has 6 rings (SSSR count). The van der Waals surface area contributed by atoms with Crippen molar-refractivity contribution in [2.45, 2.75) is 96.3 Å². The number of hydrogen-bond acceptors (Lipinski definition) is 5. The molecule has 3 heterocycles. The van der Waals surface area contributed by atoms with Crippen LogP contribution in [0.15, 0.2) is 95.8 Å². The Kier molecular flexibility index (Phi) is 10.8. The average Bonchev–Trinajstić information content (AvgIpc) is 3.57. The van der Waals surface area contributed by atoms with Gasteiger partial charge in [-0.25, -0.2) is 4.79 Å². The number of nitrogens with zero attached hydrogens (tertiary/aromatic N) is 3. The molecule has 0 aromatic heterocycles. The van der Waals surface area contributed by atoms with E-state index in [1.807, 2.05) is 0 Å². The molecule has 7 nitrogen and oxygen atoms in total. The van der Waals surface area contributed by atoms with E-state index in [1.165, 1.54) is 45.1 Å². The van der Waals surface area contributed by atoms with Crippen LogP contribution in [0.3, 0.4) is 0 Å². The van der Waals surface area contributed by atoms with Crippen LogP contribution in [0, 0.1) is 0 Å². The first-order valence-corrected chi connectivity index (χ1v) is 17.4. The van der Waals surface area contributed by atoms with Gasteiger partial charge in [0.15, 0.2) is 5.71 Å². The fourth-order valence-corrected chi connectivity index (χ4v) is 7.72. The SMILES string of the molecule is C[N+]1=C(C=CC2=CC(=CC=C3N(CCCCCC(=O)ON4C(=O)CCC4=O)c4ccccc4C3(C)C)CCC2)C(C)(C)c2ccccc21.[Cl-]. The van der Waals surface area contributed by atoms with Crippen molar-refractivity contribution in [3.05, 3.63) is 107 Å². The van der Waals surface area contributed by atoms with E-state index in [0.29, 0.717) is 11.5 Å². The number of hydrogen-bond donors (Lipinski definition) is 0. The van der Waals surface area contributed by atoms with Crippen LogP contribution >= 0.6 is 0 Å². The summed E-state index contributed by atoms with van der Waals surface area (Å²) in [6.45, 7) is 10.1. The Balaban J connectivity index is 0.00000468. The zero-order valence-corrected chi connectivity index (χ0v) is 30.2. The van der Waals surface area contributed by atoms with Crippen molar-refractivity contribution in [3.8, 4) is 0 Å². The Bertz CT molecular complexity index is 1780. The van der Waals surface area contributed by atoms with Crippen LogP contribution in [0.5, 0.6) is 0 Å². The van der Waals surface area contributed by atoms with Gasteiger partial charge < -0.3 is 22.1 Å². The zero-order valence-electron chi connectivity index (χ0n) is 29.4. The van der Waals surface area contributed by atoms with Gasteiger partial charge in [0, 0.05) is 60.3 Å². The van der Waals surface area contributed by atoms with Gasteiger partial charge in [-0.2, -0.15) is 4.58 Å². The molecule has 1 fully saturated rings. The molecule has 1 saturated heterocycles. The Hall–Kier alpha value is -4.23. The molecule has 1 aliphatic carbocycles. The molecule has 0 radical (unpaired) electrons. The van der Waals surface area contributed by atoms with Gasteiger partial charge in [-0.3, -0.25) is 9.59 Å². The minimum atomic E-state index is -0.532. The van der Waals surface area contributed by atoms with Gasteiger partial charge in [-0.15, -0.1) is 5.06 Å². The molecule has 2 aromatic rings. The lowest BCUT2D eigenvalue weighted by molar-refractivity contribution is -0.401. The van der Waals surface area contributed by atoms with Crippen molar-refractivity contribution < 1.29 is 36.2 Å². The highest BCUT2D eigenvalue weighted by molar-refractivity contribution is 6.03. The largest absolute Gasteiger partial charge is 1.00 e. The number of para-hydroxylation sites is 2. The maximum Gasteiger partial charge on any atom is 0.333 e. The van der Waals surface area contributed by atoms with Crippen LogP contribution in [0.1, 0.15) is 96.6 Å². The van der Waals surface area contributed by atoms with E-state index in [2.05, 4.69) is 123 Å². The maximum atomic E-state index is 12.3. The number of anilines is 1. The fraction of sp³-hybridized carbons (Fsp3) is 0.415. The number of allylic oxidation sites excluding steroid dienone is 8. The summed E-state index contributed by atoms with van der Waals surface area (Å²) in [7, 11) is 2.17. The Labute approximate surface area is 297 Å². The first-order chi connectivity index (χ1) is 23.0. The van der Waals surface area contributed by atoms with E-state index in [-0.39, 0.29) is 42.5 Å². The molecule has 0 bridgehead atoms. The van der Waals surface area contributed by atoms with Crippen molar-refractivity contribution >= 4 is 34.9 Å². The molecular weight excluding hydrogens is 634 g/mol. The van der Waals surface area contributed by atoms with Gasteiger partial charge >= 0.3 is 5.97 Å². The monoisotopic (exact) mass is 681 g/mol. The van der Waals surface area contributed by atoms with Crippen LogP contribution in [0.25, 0.3) is 0 Å². The van der Waals surface area contributed by atoms with Crippen molar-refractivity contribution in [1.29, 1.82) is 0 Å². The highest BCUT2D eigenvalue weighted by Crippen LogP contribution is 2.48. The molecule has 0 saturated carbocycles. The van der Waals surface area contributed by atoms with Gasteiger partial charge in [-0.05, 0) is 74.8 Å². The number of unbranched alkanes of at least 4 members (excludes halogenated alkanes) is 2.